The summed E-state index contributed by atoms with van der Waals surface area (Å²) >= 11 is 6.01. The van der Waals surface area contributed by atoms with Gasteiger partial charge in [-0.05, 0) is 24.6 Å². The summed E-state index contributed by atoms with van der Waals surface area (Å²) in [7, 11) is 1.75. The summed E-state index contributed by atoms with van der Waals surface area (Å²) in [5, 5.41) is 12.8. The molecule has 1 saturated carbocycles. The Balaban J connectivity index is 2.08. The van der Waals surface area contributed by atoms with E-state index in [0.29, 0.717) is 22.7 Å². The molecule has 4 heteroatoms. The van der Waals surface area contributed by atoms with E-state index < -0.39 is 0 Å². The number of methoxy groups -OCH3 is 1. The number of hydrogen-bond acceptors (Lipinski definition) is 3. The lowest BCUT2D eigenvalue weighted by Gasteiger charge is -2.51. The van der Waals surface area contributed by atoms with E-state index >= 15 is 0 Å². The summed E-state index contributed by atoms with van der Waals surface area (Å²) in [4.78, 5) is 0. The molecule has 1 fully saturated rings. The topological polar surface area (TPSA) is 45.0 Å². The monoisotopic (exact) mass is 264 g/mol. The lowest BCUT2D eigenvalue weighted by molar-refractivity contribution is -0.0794. The molecule has 1 aromatic carbocycles. The van der Waals surface area contributed by atoms with Gasteiger partial charge in [0.1, 0.15) is 6.07 Å². The fourth-order valence-corrected chi connectivity index (χ4v) is 2.65. The third kappa shape index (κ3) is 2.19. The highest BCUT2D eigenvalue weighted by Crippen LogP contribution is 2.44. The minimum atomic E-state index is 0.106. The van der Waals surface area contributed by atoms with Crippen molar-refractivity contribution in [3.63, 3.8) is 0 Å². The van der Waals surface area contributed by atoms with Gasteiger partial charge >= 0.3 is 0 Å². The highest BCUT2D eigenvalue weighted by molar-refractivity contribution is 6.32. The predicted molar refractivity (Wildman–Crippen MR) is 72.8 cm³/mol. The van der Waals surface area contributed by atoms with Crippen LogP contribution >= 0.6 is 11.6 Å². The van der Waals surface area contributed by atoms with Gasteiger partial charge in [-0.15, -0.1) is 0 Å². The van der Waals surface area contributed by atoms with Gasteiger partial charge in [0.25, 0.3) is 0 Å². The van der Waals surface area contributed by atoms with Crippen molar-refractivity contribution in [1.82, 2.24) is 0 Å². The summed E-state index contributed by atoms with van der Waals surface area (Å²) < 4.78 is 5.42. The van der Waals surface area contributed by atoms with Gasteiger partial charge in [-0.1, -0.05) is 25.4 Å². The number of nitrogens with zero attached hydrogens (tertiary/aromatic N) is 1. The molecule has 0 spiro atoms. The lowest BCUT2D eigenvalue weighted by atomic mass is 9.64. The van der Waals surface area contributed by atoms with Crippen molar-refractivity contribution in [1.29, 1.82) is 5.26 Å². The Hall–Kier alpha value is -1.24. The molecule has 2 rings (SSSR count). The molecule has 2 atom stereocenters. The largest absolute Gasteiger partial charge is 0.382 e. The molecule has 0 aromatic heterocycles. The lowest BCUT2D eigenvalue weighted by Crippen LogP contribution is -2.57. The van der Waals surface area contributed by atoms with Gasteiger partial charge in [0.05, 0.1) is 16.7 Å². The van der Waals surface area contributed by atoms with E-state index in [2.05, 4.69) is 25.2 Å². The molecule has 1 N–H and O–H groups in total. The fraction of sp³-hybridized carbons (Fsp3) is 0.500. The summed E-state index contributed by atoms with van der Waals surface area (Å²) in [6.45, 7) is 4.38. The van der Waals surface area contributed by atoms with E-state index in [9.17, 15) is 0 Å². The number of hydrogen-bond donors (Lipinski definition) is 1. The van der Waals surface area contributed by atoms with Gasteiger partial charge in [0.15, 0.2) is 0 Å². The maximum absolute atomic E-state index is 8.83. The first-order chi connectivity index (χ1) is 8.48. The highest BCUT2D eigenvalue weighted by Gasteiger charge is 2.48. The van der Waals surface area contributed by atoms with E-state index in [1.54, 1.807) is 19.2 Å². The average Bonchev–Trinajstić information content (AvgIpc) is 2.34. The average molecular weight is 265 g/mol. The molecule has 0 bridgehead atoms. The zero-order valence-electron chi connectivity index (χ0n) is 10.8. The third-order valence-corrected chi connectivity index (χ3v) is 4.21. The Morgan fingerprint density at radius 3 is 2.72 bits per heavy atom. The predicted octanol–water partition coefficient (Wildman–Crippen LogP) is 3.44. The van der Waals surface area contributed by atoms with Crippen molar-refractivity contribution in [2.75, 3.05) is 12.4 Å². The molecule has 18 heavy (non-hydrogen) atoms. The van der Waals surface area contributed by atoms with Gasteiger partial charge in [-0.25, -0.2) is 0 Å². The minimum Gasteiger partial charge on any atom is -0.382 e. The van der Waals surface area contributed by atoms with Crippen molar-refractivity contribution >= 4 is 17.3 Å². The molecule has 0 aliphatic heterocycles. The van der Waals surface area contributed by atoms with Crippen molar-refractivity contribution in [3.8, 4) is 6.07 Å². The molecule has 1 aromatic rings. The maximum Gasteiger partial charge on any atom is 0.101 e. The molecule has 0 radical (unpaired) electrons. The molecule has 0 saturated heterocycles. The molecule has 3 nitrogen and oxygen atoms in total. The molecule has 2 unspecified atom stereocenters. The van der Waals surface area contributed by atoms with Crippen LogP contribution in [0.2, 0.25) is 5.02 Å². The van der Waals surface area contributed by atoms with Crippen molar-refractivity contribution in [2.24, 2.45) is 5.41 Å². The standard InChI is InChI=1S/C14H17ClN2O/c1-14(2)12(7-13(14)18-3)17-10-5-4-9(8-16)11(15)6-10/h4-6,12-13,17H,7H2,1-3H3. The van der Waals surface area contributed by atoms with Crippen LogP contribution in [0.3, 0.4) is 0 Å². The summed E-state index contributed by atoms with van der Waals surface area (Å²) in [5.41, 5.74) is 1.56. The number of anilines is 1. The number of nitriles is 1. The van der Waals surface area contributed by atoms with Crippen molar-refractivity contribution < 1.29 is 4.74 Å². The first-order valence-electron chi connectivity index (χ1n) is 5.98. The maximum atomic E-state index is 8.83. The molecular formula is C14H17ClN2O. The Labute approximate surface area is 113 Å². The molecule has 96 valence electrons. The van der Waals surface area contributed by atoms with E-state index in [4.69, 9.17) is 21.6 Å². The van der Waals surface area contributed by atoms with Crippen LogP contribution in [0.5, 0.6) is 0 Å². The second-order valence-corrected chi connectivity index (χ2v) is 5.69. The van der Waals surface area contributed by atoms with Crippen LogP contribution in [0.15, 0.2) is 18.2 Å². The van der Waals surface area contributed by atoms with Crippen LogP contribution in [-0.4, -0.2) is 19.3 Å². The Morgan fingerprint density at radius 2 is 2.22 bits per heavy atom. The van der Waals surface area contributed by atoms with Crippen molar-refractivity contribution in [2.45, 2.75) is 32.4 Å². The van der Waals surface area contributed by atoms with E-state index in [0.717, 1.165) is 12.1 Å². The second-order valence-electron chi connectivity index (χ2n) is 5.28. The molecular weight excluding hydrogens is 248 g/mol. The smallest absolute Gasteiger partial charge is 0.101 e. The van der Waals surface area contributed by atoms with Crippen LogP contribution in [0.25, 0.3) is 0 Å². The number of ether oxygens (including phenoxy) is 1. The quantitative estimate of drug-likeness (QED) is 0.910. The number of halogens is 1. The first kappa shape index (κ1) is 13.2. The van der Waals surface area contributed by atoms with Gasteiger partial charge < -0.3 is 10.1 Å². The Bertz CT molecular complexity index is 493. The third-order valence-electron chi connectivity index (χ3n) is 3.89. The number of benzene rings is 1. The summed E-state index contributed by atoms with van der Waals surface area (Å²) in [5.74, 6) is 0. The molecule has 0 amide bonds. The molecule has 1 aliphatic rings. The molecule has 0 heterocycles. The number of rotatable bonds is 3. The van der Waals surface area contributed by atoms with Crippen LogP contribution < -0.4 is 5.32 Å². The van der Waals surface area contributed by atoms with Gasteiger partial charge in [0, 0.05) is 24.3 Å². The van der Waals surface area contributed by atoms with Crippen LogP contribution in [0, 0.1) is 16.7 Å². The summed E-state index contributed by atoms with van der Waals surface area (Å²) in [6.07, 6.45) is 1.28. The second kappa shape index (κ2) is 4.79. The SMILES string of the molecule is COC1CC(Nc2ccc(C#N)c(Cl)c2)C1(C)C. The minimum absolute atomic E-state index is 0.106. The summed E-state index contributed by atoms with van der Waals surface area (Å²) in [6, 6.07) is 7.86. The van der Waals surface area contributed by atoms with Gasteiger partial charge in [0.2, 0.25) is 0 Å². The van der Waals surface area contributed by atoms with Crippen LogP contribution in [0.1, 0.15) is 25.8 Å². The number of nitrogens with one attached hydrogen (secondary N) is 1. The Kier molecular flexibility index (Phi) is 3.52. The van der Waals surface area contributed by atoms with Crippen LogP contribution in [-0.2, 0) is 4.74 Å². The van der Waals surface area contributed by atoms with E-state index in [1.807, 2.05) is 6.07 Å². The van der Waals surface area contributed by atoms with Crippen LogP contribution in [0.4, 0.5) is 5.69 Å². The first-order valence-corrected chi connectivity index (χ1v) is 6.36. The fourth-order valence-electron chi connectivity index (χ4n) is 2.43. The van der Waals surface area contributed by atoms with Gasteiger partial charge in [-0.3, -0.25) is 0 Å². The Morgan fingerprint density at radius 1 is 1.50 bits per heavy atom. The normalized spacial score (nSPS) is 25.1. The van der Waals surface area contributed by atoms with Gasteiger partial charge in [-0.2, -0.15) is 5.26 Å². The molecule has 1 aliphatic carbocycles. The zero-order valence-corrected chi connectivity index (χ0v) is 11.6. The highest BCUT2D eigenvalue weighted by atomic mass is 35.5. The van der Waals surface area contributed by atoms with E-state index in [-0.39, 0.29) is 5.41 Å². The van der Waals surface area contributed by atoms with E-state index in [1.165, 1.54) is 0 Å². The zero-order chi connectivity index (χ0) is 13.3. The van der Waals surface area contributed by atoms with Crippen molar-refractivity contribution in [3.05, 3.63) is 28.8 Å².